The Balaban J connectivity index is 1.36. The molecule has 12 heteroatoms. The molecule has 1 saturated heterocycles. The number of hydrogen-bond acceptors (Lipinski definition) is 7. The van der Waals surface area contributed by atoms with E-state index in [1.807, 2.05) is 0 Å². The van der Waals surface area contributed by atoms with Gasteiger partial charge in [0.15, 0.2) is 5.82 Å². The maximum Gasteiger partial charge on any atom is 0.257 e. The molecule has 2 amide bonds. The van der Waals surface area contributed by atoms with E-state index in [9.17, 15) is 27.5 Å². The molecule has 0 atom stereocenters. The molecule has 5 rings (SSSR count). The first-order valence-electron chi connectivity index (χ1n) is 11.2. The maximum atomic E-state index is 14.4. The number of nitrogens with one attached hydrogen (secondary N) is 2. The highest BCUT2D eigenvalue weighted by molar-refractivity contribution is 8.24. The third kappa shape index (κ3) is 4.87. The third-order valence-corrected chi connectivity index (χ3v) is 7.79. The maximum absolute atomic E-state index is 14.4. The molecular formula is C24H23F2N5O4S. The normalized spacial score (nSPS) is 17.3. The van der Waals surface area contributed by atoms with Crippen molar-refractivity contribution in [1.82, 2.24) is 20.2 Å². The van der Waals surface area contributed by atoms with Crippen LogP contribution in [0.15, 0.2) is 42.5 Å². The van der Waals surface area contributed by atoms with E-state index in [-0.39, 0.29) is 53.1 Å². The SMILES string of the molecule is O=C1NCc2nc(-c3c(F)cccc3F)nc(Nc3ccc(CC(=O)N4CCS(O)(O)CC4)cc3)c21. The number of anilines is 2. The Hall–Kier alpha value is -3.61. The van der Waals surface area contributed by atoms with Crippen LogP contribution in [0.2, 0.25) is 0 Å². The number of amides is 2. The van der Waals surface area contributed by atoms with Crippen LogP contribution in [0.5, 0.6) is 0 Å². The molecule has 0 radical (unpaired) electrons. The molecule has 0 aliphatic carbocycles. The number of fused-ring (bicyclic) bond motifs is 1. The van der Waals surface area contributed by atoms with Gasteiger partial charge in [0.05, 0.1) is 35.7 Å². The van der Waals surface area contributed by atoms with E-state index in [1.165, 1.54) is 6.07 Å². The zero-order valence-corrected chi connectivity index (χ0v) is 19.8. The van der Waals surface area contributed by atoms with Crippen molar-refractivity contribution in [2.45, 2.75) is 13.0 Å². The number of hydrogen-bond donors (Lipinski definition) is 4. The first-order valence-corrected chi connectivity index (χ1v) is 13.1. The highest BCUT2D eigenvalue weighted by Gasteiger charge is 2.29. The first kappa shape index (κ1) is 24.1. The molecule has 188 valence electrons. The van der Waals surface area contributed by atoms with Crippen LogP contribution < -0.4 is 10.6 Å². The van der Waals surface area contributed by atoms with Gasteiger partial charge < -0.3 is 15.5 Å². The molecule has 0 spiro atoms. The fraction of sp³-hybridized carbons (Fsp3) is 0.250. The van der Waals surface area contributed by atoms with E-state index in [2.05, 4.69) is 20.6 Å². The topological polar surface area (TPSA) is 128 Å². The number of aromatic nitrogens is 2. The molecule has 3 heterocycles. The number of rotatable bonds is 5. The fourth-order valence-electron chi connectivity index (χ4n) is 4.14. The van der Waals surface area contributed by atoms with E-state index in [0.717, 1.165) is 17.7 Å². The second-order valence-electron chi connectivity index (χ2n) is 8.59. The standard InChI is InChI=1S/C24H23F2N5O4S/c25-16-2-1-3-17(26)20(16)22-29-18-13-27-24(33)21(18)23(30-22)28-15-6-4-14(5-7-15)12-19(32)31-8-10-36(34,35)11-9-31/h1-7,34-35H,8-13H2,(H,27,33)(H,28,29,30). The van der Waals surface area contributed by atoms with E-state index in [1.54, 1.807) is 29.2 Å². The summed E-state index contributed by atoms with van der Waals surface area (Å²) in [7, 11) is -2.57. The highest BCUT2D eigenvalue weighted by Crippen LogP contribution is 2.40. The molecule has 3 aromatic rings. The summed E-state index contributed by atoms with van der Waals surface area (Å²) in [4.78, 5) is 35.0. The lowest BCUT2D eigenvalue weighted by molar-refractivity contribution is -0.130. The van der Waals surface area contributed by atoms with Gasteiger partial charge in [0.1, 0.15) is 23.0 Å². The van der Waals surface area contributed by atoms with Gasteiger partial charge >= 0.3 is 0 Å². The number of halogens is 2. The monoisotopic (exact) mass is 515 g/mol. The lowest BCUT2D eigenvalue weighted by Gasteiger charge is -2.41. The van der Waals surface area contributed by atoms with Crippen LogP contribution in [0.3, 0.4) is 0 Å². The lowest BCUT2D eigenvalue weighted by Crippen LogP contribution is -2.42. The van der Waals surface area contributed by atoms with Crippen LogP contribution in [0.4, 0.5) is 20.3 Å². The van der Waals surface area contributed by atoms with Gasteiger partial charge in [-0.25, -0.2) is 18.7 Å². The van der Waals surface area contributed by atoms with Crippen molar-refractivity contribution in [3.8, 4) is 11.4 Å². The molecule has 0 saturated carbocycles. The minimum absolute atomic E-state index is 0.104. The Morgan fingerprint density at radius 3 is 2.36 bits per heavy atom. The Bertz CT molecular complexity index is 1320. The van der Waals surface area contributed by atoms with E-state index >= 15 is 0 Å². The number of benzene rings is 2. The first-order chi connectivity index (χ1) is 17.2. The quantitative estimate of drug-likeness (QED) is 0.409. The summed E-state index contributed by atoms with van der Waals surface area (Å²) in [5, 5.41) is 5.68. The Morgan fingerprint density at radius 2 is 1.69 bits per heavy atom. The molecular weight excluding hydrogens is 492 g/mol. The lowest BCUT2D eigenvalue weighted by atomic mass is 10.1. The van der Waals surface area contributed by atoms with Crippen LogP contribution in [-0.4, -0.2) is 60.4 Å². The zero-order valence-electron chi connectivity index (χ0n) is 19.0. The third-order valence-electron chi connectivity index (χ3n) is 6.11. The molecule has 1 aromatic heterocycles. The predicted molar refractivity (Wildman–Crippen MR) is 131 cm³/mol. The molecule has 2 aliphatic heterocycles. The molecule has 2 aliphatic rings. The Kier molecular flexibility index (Phi) is 6.33. The van der Waals surface area contributed by atoms with Crippen LogP contribution in [0.1, 0.15) is 21.6 Å². The summed E-state index contributed by atoms with van der Waals surface area (Å²) in [5.41, 5.74) is 1.46. The van der Waals surface area contributed by atoms with Gasteiger partial charge in [-0.05, 0) is 29.8 Å². The van der Waals surface area contributed by atoms with Crippen LogP contribution in [-0.2, 0) is 17.8 Å². The van der Waals surface area contributed by atoms with Crippen molar-refractivity contribution in [3.05, 3.63) is 70.9 Å². The Morgan fingerprint density at radius 1 is 1.03 bits per heavy atom. The summed E-state index contributed by atoms with van der Waals surface area (Å²) >= 11 is 0. The predicted octanol–water partition coefficient (Wildman–Crippen LogP) is 3.54. The smallest absolute Gasteiger partial charge is 0.257 e. The van der Waals surface area contributed by atoms with Gasteiger partial charge in [-0.15, -0.1) is 0 Å². The number of nitrogens with zero attached hydrogens (tertiary/aromatic N) is 3. The Labute approximate surface area is 206 Å². The van der Waals surface area contributed by atoms with Crippen molar-refractivity contribution >= 4 is 33.9 Å². The molecule has 0 bridgehead atoms. The van der Waals surface area contributed by atoms with Crippen LogP contribution in [0, 0.1) is 11.6 Å². The molecule has 4 N–H and O–H groups in total. The zero-order chi connectivity index (χ0) is 25.4. The average Bonchev–Trinajstić information content (AvgIpc) is 3.21. The molecule has 2 aromatic carbocycles. The second-order valence-corrected chi connectivity index (χ2v) is 11.0. The average molecular weight is 516 g/mol. The van der Waals surface area contributed by atoms with E-state index in [0.29, 0.717) is 24.5 Å². The molecule has 0 unspecified atom stereocenters. The molecule has 1 fully saturated rings. The molecule has 9 nitrogen and oxygen atoms in total. The van der Waals surface area contributed by atoms with E-state index in [4.69, 9.17) is 0 Å². The van der Waals surface area contributed by atoms with Gasteiger partial charge in [-0.3, -0.25) is 18.7 Å². The van der Waals surface area contributed by atoms with Crippen molar-refractivity contribution in [3.63, 3.8) is 0 Å². The minimum atomic E-state index is -2.57. The highest BCUT2D eigenvalue weighted by atomic mass is 32.3. The van der Waals surface area contributed by atoms with Gasteiger partial charge in [-0.2, -0.15) is 10.6 Å². The summed E-state index contributed by atoms with van der Waals surface area (Å²) in [6.07, 6.45) is 0.154. The van der Waals surface area contributed by atoms with Gasteiger partial charge in [-0.1, -0.05) is 18.2 Å². The fourth-order valence-corrected chi connectivity index (χ4v) is 5.37. The van der Waals surface area contributed by atoms with Gasteiger partial charge in [0, 0.05) is 18.8 Å². The van der Waals surface area contributed by atoms with Crippen LogP contribution >= 0.6 is 10.6 Å². The largest absolute Gasteiger partial charge is 0.346 e. The summed E-state index contributed by atoms with van der Waals surface area (Å²) in [6.45, 7) is 0.737. The summed E-state index contributed by atoms with van der Waals surface area (Å²) in [6, 6.07) is 10.4. The molecule has 36 heavy (non-hydrogen) atoms. The number of carbonyl (C=O) groups excluding carboxylic acids is 2. The van der Waals surface area contributed by atoms with Crippen molar-refractivity contribution in [2.24, 2.45) is 0 Å². The number of carbonyl (C=O) groups is 2. The summed E-state index contributed by atoms with van der Waals surface area (Å²) in [5.74, 6) is -1.81. The van der Waals surface area contributed by atoms with E-state index < -0.39 is 28.1 Å². The van der Waals surface area contributed by atoms with Gasteiger partial charge in [0.25, 0.3) is 5.91 Å². The van der Waals surface area contributed by atoms with Crippen molar-refractivity contribution in [2.75, 3.05) is 29.9 Å². The van der Waals surface area contributed by atoms with Gasteiger partial charge in [0.2, 0.25) is 5.91 Å². The van der Waals surface area contributed by atoms with Crippen LogP contribution in [0.25, 0.3) is 11.4 Å². The second kappa shape index (κ2) is 9.45. The van der Waals surface area contributed by atoms with Crippen molar-refractivity contribution in [1.29, 1.82) is 0 Å². The summed E-state index contributed by atoms with van der Waals surface area (Å²) < 4.78 is 48.2. The van der Waals surface area contributed by atoms with Crippen molar-refractivity contribution < 1.29 is 27.5 Å². The minimum Gasteiger partial charge on any atom is -0.346 e.